The highest BCUT2D eigenvalue weighted by Crippen LogP contribution is 2.24. The predicted octanol–water partition coefficient (Wildman–Crippen LogP) is 3.86. The van der Waals surface area contributed by atoms with E-state index in [2.05, 4.69) is 39.9 Å². The number of amides is 1. The van der Waals surface area contributed by atoms with Gasteiger partial charge in [0.1, 0.15) is 0 Å². The van der Waals surface area contributed by atoms with Crippen molar-refractivity contribution < 1.29 is 9.21 Å². The normalized spacial score (nSPS) is 13.7. The maximum Gasteiger partial charge on any atom is 0.287 e. The van der Waals surface area contributed by atoms with Crippen molar-refractivity contribution >= 4 is 5.91 Å². The molecule has 0 aromatic carbocycles. The molecule has 0 aliphatic heterocycles. The van der Waals surface area contributed by atoms with Crippen LogP contribution in [0.2, 0.25) is 0 Å². The summed E-state index contributed by atoms with van der Waals surface area (Å²) >= 11 is 0. The lowest BCUT2D eigenvalue weighted by molar-refractivity contribution is 0.0866. The van der Waals surface area contributed by atoms with Crippen LogP contribution in [0.15, 0.2) is 22.8 Å². The van der Waals surface area contributed by atoms with E-state index < -0.39 is 0 Å². The highest BCUT2D eigenvalue weighted by Gasteiger charge is 2.27. The largest absolute Gasteiger partial charge is 0.459 e. The minimum Gasteiger partial charge on any atom is -0.459 e. The fourth-order valence-electron chi connectivity index (χ4n) is 1.86. The number of hydrogen-bond acceptors (Lipinski definition) is 2. The zero-order chi connectivity index (χ0) is 13.8. The summed E-state index contributed by atoms with van der Waals surface area (Å²) in [6, 6.07) is 3.59. The Bertz CT molecular complexity index is 360. The smallest absolute Gasteiger partial charge is 0.287 e. The first kappa shape index (κ1) is 14.8. The molecule has 1 aromatic heterocycles. The number of furan rings is 1. The summed E-state index contributed by atoms with van der Waals surface area (Å²) in [6.07, 6.45) is 3.63. The lowest BCUT2D eigenvalue weighted by atomic mass is 9.83. The van der Waals surface area contributed by atoms with E-state index in [1.165, 1.54) is 6.26 Å². The van der Waals surface area contributed by atoms with Gasteiger partial charge in [0.05, 0.1) is 6.26 Å². The van der Waals surface area contributed by atoms with E-state index in [0.717, 1.165) is 12.8 Å². The number of hydrogen-bond donors (Lipinski definition) is 1. The van der Waals surface area contributed by atoms with Crippen molar-refractivity contribution in [3.63, 3.8) is 0 Å². The van der Waals surface area contributed by atoms with Crippen LogP contribution in [0.5, 0.6) is 0 Å². The van der Waals surface area contributed by atoms with Gasteiger partial charge in [-0.15, -0.1) is 0 Å². The molecule has 1 heterocycles. The van der Waals surface area contributed by atoms with Gasteiger partial charge in [0.15, 0.2) is 5.76 Å². The first-order valence-electron chi connectivity index (χ1n) is 6.65. The van der Waals surface area contributed by atoms with E-state index in [1.807, 2.05) is 0 Å². The summed E-state index contributed by atoms with van der Waals surface area (Å²) in [6.45, 7) is 10.9. The van der Waals surface area contributed by atoms with Crippen molar-refractivity contribution in [1.82, 2.24) is 5.32 Å². The van der Waals surface area contributed by atoms with E-state index in [-0.39, 0.29) is 17.4 Å². The number of rotatable bonds is 5. The van der Waals surface area contributed by atoms with E-state index >= 15 is 0 Å². The van der Waals surface area contributed by atoms with Crippen LogP contribution in [0.25, 0.3) is 0 Å². The van der Waals surface area contributed by atoms with Crippen LogP contribution >= 0.6 is 0 Å². The van der Waals surface area contributed by atoms with Crippen LogP contribution in [-0.4, -0.2) is 11.9 Å². The van der Waals surface area contributed by atoms with Crippen molar-refractivity contribution in [2.24, 2.45) is 11.3 Å². The topological polar surface area (TPSA) is 42.2 Å². The minimum absolute atomic E-state index is 0.0527. The fourth-order valence-corrected chi connectivity index (χ4v) is 1.86. The first-order chi connectivity index (χ1) is 8.30. The van der Waals surface area contributed by atoms with Gasteiger partial charge in [0, 0.05) is 6.04 Å². The molecule has 18 heavy (non-hydrogen) atoms. The summed E-state index contributed by atoms with van der Waals surface area (Å²) in [5, 5.41) is 3.08. The van der Waals surface area contributed by atoms with Gasteiger partial charge in [0.25, 0.3) is 5.91 Å². The van der Waals surface area contributed by atoms with E-state index in [0.29, 0.717) is 11.7 Å². The Hall–Kier alpha value is -1.25. The van der Waals surface area contributed by atoms with E-state index in [9.17, 15) is 4.79 Å². The first-order valence-corrected chi connectivity index (χ1v) is 6.65. The summed E-state index contributed by atoms with van der Waals surface area (Å²) < 4.78 is 5.12. The van der Waals surface area contributed by atoms with Crippen molar-refractivity contribution in [2.75, 3.05) is 0 Å². The second kappa shape index (κ2) is 6.07. The Kier molecular flexibility index (Phi) is 5.00. The van der Waals surface area contributed by atoms with Gasteiger partial charge in [-0.1, -0.05) is 34.6 Å². The molecule has 0 radical (unpaired) electrons. The molecular weight excluding hydrogens is 226 g/mol. The molecule has 0 saturated heterocycles. The minimum atomic E-state index is -0.122. The van der Waals surface area contributed by atoms with E-state index in [1.54, 1.807) is 12.1 Å². The molecular formula is C15H25NO2. The van der Waals surface area contributed by atoms with Crippen molar-refractivity contribution in [3.05, 3.63) is 24.2 Å². The van der Waals surface area contributed by atoms with Gasteiger partial charge >= 0.3 is 0 Å². The van der Waals surface area contributed by atoms with Gasteiger partial charge in [-0.25, -0.2) is 0 Å². The quantitative estimate of drug-likeness (QED) is 0.863. The third-order valence-corrected chi connectivity index (χ3v) is 3.13. The van der Waals surface area contributed by atoms with E-state index in [4.69, 9.17) is 4.42 Å². The van der Waals surface area contributed by atoms with Gasteiger partial charge in [-0.2, -0.15) is 0 Å². The van der Waals surface area contributed by atoms with Crippen LogP contribution in [0.4, 0.5) is 0 Å². The molecule has 0 fully saturated rings. The lowest BCUT2D eigenvalue weighted by Crippen LogP contribution is -2.43. The standard InChI is InChI=1S/C15H25NO2/c1-11(2)8-9-13(15(3,4)5)16-14(17)12-7-6-10-18-12/h6-7,10-11,13H,8-9H2,1-5H3,(H,16,17). The Morgan fingerprint density at radius 1 is 1.33 bits per heavy atom. The molecule has 1 unspecified atom stereocenters. The molecule has 3 heteroatoms. The Balaban J connectivity index is 2.64. The van der Waals surface area contributed by atoms with Crippen LogP contribution in [0, 0.1) is 11.3 Å². The molecule has 1 N–H and O–H groups in total. The molecule has 1 amide bonds. The van der Waals surface area contributed by atoms with Crippen molar-refractivity contribution in [2.45, 2.75) is 53.5 Å². The molecule has 102 valence electrons. The van der Waals surface area contributed by atoms with Gasteiger partial charge in [-0.3, -0.25) is 4.79 Å². The van der Waals surface area contributed by atoms with Crippen molar-refractivity contribution in [1.29, 1.82) is 0 Å². The van der Waals surface area contributed by atoms with Crippen LogP contribution in [0.3, 0.4) is 0 Å². The third-order valence-electron chi connectivity index (χ3n) is 3.13. The highest BCUT2D eigenvalue weighted by molar-refractivity contribution is 5.91. The van der Waals surface area contributed by atoms with Crippen LogP contribution in [-0.2, 0) is 0 Å². The summed E-state index contributed by atoms with van der Waals surface area (Å²) in [5.74, 6) is 0.910. The molecule has 3 nitrogen and oxygen atoms in total. The molecule has 1 atom stereocenters. The molecule has 0 spiro atoms. The third kappa shape index (κ3) is 4.55. The molecule has 1 aromatic rings. The molecule has 1 rings (SSSR count). The molecule has 0 bridgehead atoms. The monoisotopic (exact) mass is 251 g/mol. The number of carbonyl (C=O) groups is 1. The summed E-state index contributed by atoms with van der Waals surface area (Å²) in [5.41, 5.74) is 0.0527. The molecule has 0 saturated carbocycles. The second-order valence-electron chi connectivity index (χ2n) is 6.34. The predicted molar refractivity (Wildman–Crippen MR) is 73.5 cm³/mol. The number of nitrogens with one attached hydrogen (secondary N) is 1. The van der Waals surface area contributed by atoms with Crippen LogP contribution in [0.1, 0.15) is 58.0 Å². The van der Waals surface area contributed by atoms with Crippen molar-refractivity contribution in [3.8, 4) is 0 Å². The van der Waals surface area contributed by atoms with Gasteiger partial charge < -0.3 is 9.73 Å². The molecule has 0 aliphatic rings. The SMILES string of the molecule is CC(C)CCC(NC(=O)c1ccco1)C(C)(C)C. The zero-order valence-corrected chi connectivity index (χ0v) is 12.1. The lowest BCUT2D eigenvalue weighted by Gasteiger charge is -2.31. The van der Waals surface area contributed by atoms with Crippen LogP contribution < -0.4 is 5.32 Å². The Labute approximate surface area is 110 Å². The maximum absolute atomic E-state index is 12.0. The zero-order valence-electron chi connectivity index (χ0n) is 12.1. The van der Waals surface area contributed by atoms with Gasteiger partial charge in [0.2, 0.25) is 0 Å². The number of carbonyl (C=O) groups excluding carboxylic acids is 1. The average Bonchev–Trinajstić information content (AvgIpc) is 2.74. The van der Waals surface area contributed by atoms with Gasteiger partial charge in [-0.05, 0) is 36.3 Å². The Morgan fingerprint density at radius 2 is 2.00 bits per heavy atom. The average molecular weight is 251 g/mol. The molecule has 0 aliphatic carbocycles. The Morgan fingerprint density at radius 3 is 2.44 bits per heavy atom. The second-order valence-corrected chi connectivity index (χ2v) is 6.34. The summed E-state index contributed by atoms with van der Waals surface area (Å²) in [4.78, 5) is 12.0. The fraction of sp³-hybridized carbons (Fsp3) is 0.667. The maximum atomic E-state index is 12.0. The summed E-state index contributed by atoms with van der Waals surface area (Å²) in [7, 11) is 0. The highest BCUT2D eigenvalue weighted by atomic mass is 16.3.